The Morgan fingerprint density at radius 3 is 2.00 bits per heavy atom. The first-order valence-corrected chi connectivity index (χ1v) is 4.36. The standard InChI is InChI=1S/C9H19NO2/c1-8(2,5-9(3,4)11)6-7(10)12-6/h6-7,11H,5,10H2,1-4H3. The van der Waals surface area contributed by atoms with Crippen molar-refractivity contribution in [3.05, 3.63) is 0 Å². The zero-order chi connectivity index (χ0) is 9.57. The molecule has 2 unspecified atom stereocenters. The highest BCUT2D eigenvalue weighted by Crippen LogP contribution is 2.41. The van der Waals surface area contributed by atoms with Crippen molar-refractivity contribution in [1.29, 1.82) is 0 Å². The maximum absolute atomic E-state index is 9.62. The Morgan fingerprint density at radius 2 is 1.75 bits per heavy atom. The molecule has 3 nitrogen and oxygen atoms in total. The predicted molar refractivity (Wildman–Crippen MR) is 47.5 cm³/mol. The number of nitrogens with two attached hydrogens (primary N) is 1. The summed E-state index contributed by atoms with van der Waals surface area (Å²) in [6, 6.07) is 0. The van der Waals surface area contributed by atoms with Crippen LogP contribution in [0.1, 0.15) is 34.1 Å². The normalized spacial score (nSPS) is 30.5. The summed E-state index contributed by atoms with van der Waals surface area (Å²) < 4.78 is 5.19. The second-order valence-electron chi connectivity index (χ2n) is 5.00. The fourth-order valence-electron chi connectivity index (χ4n) is 1.97. The van der Waals surface area contributed by atoms with Crippen molar-refractivity contribution in [3.8, 4) is 0 Å². The molecule has 72 valence electrons. The largest absolute Gasteiger partial charge is 0.390 e. The molecule has 3 heteroatoms. The molecule has 12 heavy (non-hydrogen) atoms. The predicted octanol–water partition coefficient (Wildman–Crippen LogP) is 0.857. The Bertz CT molecular complexity index is 172. The Balaban J connectivity index is 2.49. The Hall–Kier alpha value is -0.120. The highest BCUT2D eigenvalue weighted by Gasteiger charge is 2.48. The lowest BCUT2D eigenvalue weighted by molar-refractivity contribution is 0.0228. The van der Waals surface area contributed by atoms with Crippen LogP contribution in [0.15, 0.2) is 0 Å². The van der Waals surface area contributed by atoms with Gasteiger partial charge in [0.05, 0.1) is 5.60 Å². The average Bonchev–Trinajstić information content (AvgIpc) is 2.38. The molecule has 0 aromatic heterocycles. The van der Waals surface area contributed by atoms with Gasteiger partial charge < -0.3 is 15.6 Å². The third-order valence-corrected chi connectivity index (χ3v) is 2.18. The fourth-order valence-corrected chi connectivity index (χ4v) is 1.97. The van der Waals surface area contributed by atoms with E-state index < -0.39 is 5.60 Å². The van der Waals surface area contributed by atoms with Gasteiger partial charge in [0.25, 0.3) is 0 Å². The van der Waals surface area contributed by atoms with Crippen LogP contribution in [0.4, 0.5) is 0 Å². The summed E-state index contributed by atoms with van der Waals surface area (Å²) in [4.78, 5) is 0. The molecule has 0 spiro atoms. The van der Waals surface area contributed by atoms with Crippen LogP contribution in [0.3, 0.4) is 0 Å². The zero-order valence-corrected chi connectivity index (χ0v) is 8.29. The fraction of sp³-hybridized carbons (Fsp3) is 1.00. The third-order valence-electron chi connectivity index (χ3n) is 2.18. The maximum Gasteiger partial charge on any atom is 0.133 e. The number of epoxide rings is 1. The number of rotatable bonds is 3. The summed E-state index contributed by atoms with van der Waals surface area (Å²) in [5, 5.41) is 9.62. The minimum absolute atomic E-state index is 0.0301. The lowest BCUT2D eigenvalue weighted by Crippen LogP contribution is -2.33. The van der Waals surface area contributed by atoms with Crippen molar-refractivity contribution in [1.82, 2.24) is 0 Å². The zero-order valence-electron chi connectivity index (χ0n) is 8.29. The van der Waals surface area contributed by atoms with Gasteiger partial charge in [-0.1, -0.05) is 13.8 Å². The number of aliphatic hydroxyl groups is 1. The first-order valence-electron chi connectivity index (χ1n) is 4.36. The summed E-state index contributed by atoms with van der Waals surface area (Å²) >= 11 is 0. The Labute approximate surface area is 73.9 Å². The summed E-state index contributed by atoms with van der Waals surface area (Å²) in [6.07, 6.45) is 0.699. The summed E-state index contributed by atoms with van der Waals surface area (Å²) in [6.45, 7) is 7.76. The number of hydrogen-bond donors (Lipinski definition) is 2. The molecule has 1 saturated heterocycles. The van der Waals surface area contributed by atoms with Crippen molar-refractivity contribution >= 4 is 0 Å². The molecular formula is C9H19NO2. The maximum atomic E-state index is 9.62. The quantitative estimate of drug-likeness (QED) is 0.622. The Morgan fingerprint density at radius 1 is 1.33 bits per heavy atom. The Kier molecular flexibility index (Phi) is 2.23. The molecule has 0 amide bonds. The van der Waals surface area contributed by atoms with E-state index in [1.54, 1.807) is 0 Å². The van der Waals surface area contributed by atoms with E-state index in [0.29, 0.717) is 6.42 Å². The van der Waals surface area contributed by atoms with Gasteiger partial charge in [-0.2, -0.15) is 0 Å². The van der Waals surface area contributed by atoms with E-state index in [9.17, 15) is 5.11 Å². The molecule has 0 saturated carbocycles. The molecular weight excluding hydrogens is 154 g/mol. The average molecular weight is 173 g/mol. The van der Waals surface area contributed by atoms with Gasteiger partial charge in [0.1, 0.15) is 12.3 Å². The first kappa shape index (κ1) is 9.96. The van der Waals surface area contributed by atoms with E-state index in [-0.39, 0.29) is 17.7 Å². The minimum Gasteiger partial charge on any atom is -0.390 e. The van der Waals surface area contributed by atoms with Crippen LogP contribution in [0.2, 0.25) is 0 Å². The smallest absolute Gasteiger partial charge is 0.133 e. The van der Waals surface area contributed by atoms with Crippen LogP contribution in [0, 0.1) is 5.41 Å². The van der Waals surface area contributed by atoms with Gasteiger partial charge in [0.2, 0.25) is 0 Å². The molecule has 0 bridgehead atoms. The third kappa shape index (κ3) is 2.44. The molecule has 1 aliphatic heterocycles. The number of hydrogen-bond acceptors (Lipinski definition) is 3. The molecule has 2 atom stereocenters. The van der Waals surface area contributed by atoms with E-state index in [4.69, 9.17) is 10.5 Å². The van der Waals surface area contributed by atoms with Crippen molar-refractivity contribution in [2.45, 2.75) is 52.0 Å². The summed E-state index contributed by atoms with van der Waals surface area (Å²) in [5.41, 5.74) is 4.89. The van der Waals surface area contributed by atoms with Crippen LogP contribution in [-0.2, 0) is 4.74 Å². The van der Waals surface area contributed by atoms with Gasteiger partial charge in [-0.15, -0.1) is 0 Å². The van der Waals surface area contributed by atoms with Crippen LogP contribution in [-0.4, -0.2) is 23.0 Å². The van der Waals surface area contributed by atoms with Gasteiger partial charge in [-0.25, -0.2) is 0 Å². The van der Waals surface area contributed by atoms with E-state index >= 15 is 0 Å². The second-order valence-corrected chi connectivity index (χ2v) is 5.00. The van der Waals surface area contributed by atoms with Crippen LogP contribution in [0.5, 0.6) is 0 Å². The minimum atomic E-state index is -0.644. The second kappa shape index (κ2) is 2.69. The van der Waals surface area contributed by atoms with E-state index in [2.05, 4.69) is 13.8 Å². The lowest BCUT2D eigenvalue weighted by Gasteiger charge is -2.29. The van der Waals surface area contributed by atoms with E-state index in [1.807, 2.05) is 13.8 Å². The van der Waals surface area contributed by atoms with Crippen molar-refractivity contribution in [2.24, 2.45) is 11.1 Å². The van der Waals surface area contributed by atoms with Crippen molar-refractivity contribution in [3.63, 3.8) is 0 Å². The monoisotopic (exact) mass is 173 g/mol. The number of ether oxygens (including phenoxy) is 1. The molecule has 1 aliphatic rings. The molecule has 0 radical (unpaired) electrons. The van der Waals surface area contributed by atoms with Gasteiger partial charge in [-0.3, -0.25) is 0 Å². The topological polar surface area (TPSA) is 58.8 Å². The molecule has 0 aromatic carbocycles. The summed E-state index contributed by atoms with van der Waals surface area (Å²) in [7, 11) is 0. The summed E-state index contributed by atoms with van der Waals surface area (Å²) in [5.74, 6) is 0. The van der Waals surface area contributed by atoms with Crippen molar-refractivity contribution in [2.75, 3.05) is 0 Å². The van der Waals surface area contributed by atoms with Gasteiger partial charge >= 0.3 is 0 Å². The first-order chi connectivity index (χ1) is 5.22. The van der Waals surface area contributed by atoms with Gasteiger partial charge in [0.15, 0.2) is 0 Å². The van der Waals surface area contributed by atoms with Crippen molar-refractivity contribution < 1.29 is 9.84 Å². The highest BCUT2D eigenvalue weighted by atomic mass is 16.6. The molecule has 3 N–H and O–H groups in total. The van der Waals surface area contributed by atoms with Crippen LogP contribution < -0.4 is 5.73 Å². The molecule has 0 aliphatic carbocycles. The highest BCUT2D eigenvalue weighted by molar-refractivity contribution is 4.95. The van der Waals surface area contributed by atoms with Crippen LogP contribution >= 0.6 is 0 Å². The SMILES string of the molecule is CC(C)(O)CC(C)(C)C1OC1N. The van der Waals surface area contributed by atoms with E-state index in [1.165, 1.54) is 0 Å². The molecule has 1 heterocycles. The van der Waals surface area contributed by atoms with Crippen LogP contribution in [0.25, 0.3) is 0 Å². The molecule has 0 aromatic rings. The lowest BCUT2D eigenvalue weighted by atomic mass is 9.79. The van der Waals surface area contributed by atoms with Gasteiger partial charge in [0, 0.05) is 0 Å². The van der Waals surface area contributed by atoms with E-state index in [0.717, 1.165) is 0 Å². The molecule has 1 rings (SSSR count). The molecule has 1 fully saturated rings. The van der Waals surface area contributed by atoms with Gasteiger partial charge in [-0.05, 0) is 25.7 Å².